The molecule has 0 aliphatic carbocycles. The Bertz CT molecular complexity index is 1890. The van der Waals surface area contributed by atoms with Crippen LogP contribution < -0.4 is 15.3 Å². The minimum Gasteiger partial charge on any atom is -0.497 e. The zero-order valence-corrected chi connectivity index (χ0v) is 30.5. The Morgan fingerprint density at radius 2 is 1.62 bits per heavy atom. The molecule has 0 spiro atoms. The number of rotatable bonds is 6. The molecule has 4 aromatic rings. The van der Waals surface area contributed by atoms with Crippen LogP contribution in [0.25, 0.3) is 28.0 Å². The average Bonchev–Trinajstić information content (AvgIpc) is 3.00. The van der Waals surface area contributed by atoms with Crippen molar-refractivity contribution in [1.82, 2.24) is 29.4 Å². The molecular formula is C36H46ClN7O4. The Morgan fingerprint density at radius 3 is 2.21 bits per heavy atom. The molecule has 1 aromatic carbocycles. The van der Waals surface area contributed by atoms with Crippen LogP contribution >= 0.6 is 11.6 Å². The first kappa shape index (κ1) is 35.1. The van der Waals surface area contributed by atoms with Crippen molar-refractivity contribution >= 4 is 34.5 Å². The van der Waals surface area contributed by atoms with Crippen LogP contribution in [0.4, 0.5) is 10.6 Å². The summed E-state index contributed by atoms with van der Waals surface area (Å²) in [4.78, 5) is 50.5. The standard InChI is InChI=1S/C36H46ClN7O4/c1-19(2)28-31(29(20(3)4)39-18-38-28)44-33-26(15-27(37)30(40-33)25-14-24(47-11)13-12-21(25)5)32(41-34(44)45)42-16-23(7)43(17-22(42)6)35(46)48-36(8,9)10/h12-15,18-20,22-23H,16-17H2,1-11H3/t22-,23+/m0/s1. The highest BCUT2D eigenvalue weighted by molar-refractivity contribution is 6.34. The number of ether oxygens (including phenoxy) is 2. The van der Waals surface area contributed by atoms with Gasteiger partial charge in [0.25, 0.3) is 0 Å². The molecule has 12 heteroatoms. The second kappa shape index (κ2) is 13.3. The topological polar surface area (TPSA) is 116 Å². The number of amides is 1. The fourth-order valence-electron chi connectivity index (χ4n) is 6.18. The first-order chi connectivity index (χ1) is 22.5. The lowest BCUT2D eigenvalue weighted by molar-refractivity contribution is 0.0130. The predicted molar refractivity (Wildman–Crippen MR) is 190 cm³/mol. The predicted octanol–water partition coefficient (Wildman–Crippen LogP) is 7.29. The number of fused-ring (bicyclic) bond motifs is 1. The van der Waals surface area contributed by atoms with Crippen molar-refractivity contribution in [2.45, 2.75) is 98.8 Å². The van der Waals surface area contributed by atoms with Gasteiger partial charge in [-0.25, -0.2) is 29.1 Å². The lowest BCUT2D eigenvalue weighted by Crippen LogP contribution is -2.59. The molecule has 256 valence electrons. The molecule has 0 radical (unpaired) electrons. The number of carbonyl (C=O) groups excluding carboxylic acids is 1. The van der Waals surface area contributed by atoms with Gasteiger partial charge in [0.05, 0.1) is 40.3 Å². The maximum Gasteiger partial charge on any atom is 0.410 e. The Kier molecular flexibility index (Phi) is 9.74. The molecule has 11 nitrogen and oxygen atoms in total. The molecular weight excluding hydrogens is 630 g/mol. The van der Waals surface area contributed by atoms with Gasteiger partial charge in [0, 0.05) is 30.7 Å². The second-order valence-electron chi connectivity index (χ2n) is 14.2. The summed E-state index contributed by atoms with van der Waals surface area (Å²) in [6, 6.07) is 7.15. The number of piperazine rings is 1. The van der Waals surface area contributed by atoms with Crippen molar-refractivity contribution < 1.29 is 14.3 Å². The number of halogens is 1. The molecule has 1 saturated heterocycles. The van der Waals surface area contributed by atoms with Crippen LogP contribution in [0.1, 0.15) is 91.1 Å². The number of hydrogen-bond donors (Lipinski definition) is 0. The highest BCUT2D eigenvalue weighted by atomic mass is 35.5. The summed E-state index contributed by atoms with van der Waals surface area (Å²) in [5.74, 6) is 1.08. The van der Waals surface area contributed by atoms with Gasteiger partial charge in [-0.2, -0.15) is 4.98 Å². The maximum atomic E-state index is 14.5. The van der Waals surface area contributed by atoms with E-state index in [1.807, 2.05) is 93.5 Å². The molecule has 5 rings (SSSR count). The van der Waals surface area contributed by atoms with Crippen LogP contribution in [0.2, 0.25) is 5.02 Å². The molecule has 1 fully saturated rings. The van der Waals surface area contributed by atoms with Crippen molar-refractivity contribution in [3.8, 4) is 22.7 Å². The number of nitrogens with zero attached hydrogens (tertiary/aromatic N) is 7. The van der Waals surface area contributed by atoms with E-state index in [0.29, 0.717) is 52.1 Å². The monoisotopic (exact) mass is 675 g/mol. The van der Waals surface area contributed by atoms with Crippen molar-refractivity contribution in [3.05, 3.63) is 63.1 Å². The van der Waals surface area contributed by atoms with Crippen molar-refractivity contribution in [3.63, 3.8) is 0 Å². The van der Waals surface area contributed by atoms with E-state index in [0.717, 1.165) is 22.5 Å². The van der Waals surface area contributed by atoms with Crippen molar-refractivity contribution in [2.75, 3.05) is 25.1 Å². The lowest BCUT2D eigenvalue weighted by Gasteiger charge is -2.44. The van der Waals surface area contributed by atoms with Crippen molar-refractivity contribution in [1.29, 1.82) is 0 Å². The zero-order chi connectivity index (χ0) is 35.2. The summed E-state index contributed by atoms with van der Waals surface area (Å²) in [6.45, 7) is 20.4. The average molecular weight is 676 g/mol. The third-order valence-electron chi connectivity index (χ3n) is 8.58. The molecule has 4 heterocycles. The Hall–Kier alpha value is -4.25. The lowest BCUT2D eigenvalue weighted by atomic mass is 10.0. The summed E-state index contributed by atoms with van der Waals surface area (Å²) >= 11 is 7.08. The van der Waals surface area contributed by atoms with E-state index in [1.54, 1.807) is 22.9 Å². The summed E-state index contributed by atoms with van der Waals surface area (Å²) in [5.41, 5.74) is 3.52. The fraction of sp³-hybridized carbons (Fsp3) is 0.500. The Balaban J connectivity index is 1.79. The Morgan fingerprint density at radius 1 is 0.979 bits per heavy atom. The molecule has 1 amide bonds. The van der Waals surface area contributed by atoms with Gasteiger partial charge in [0.2, 0.25) is 0 Å². The summed E-state index contributed by atoms with van der Waals surface area (Å²) in [5, 5.41) is 1.000. The molecule has 1 aliphatic rings. The molecule has 3 aromatic heterocycles. The number of aryl methyl sites for hydroxylation is 1. The molecule has 0 bridgehead atoms. The second-order valence-corrected chi connectivity index (χ2v) is 14.6. The first-order valence-electron chi connectivity index (χ1n) is 16.4. The van der Waals surface area contributed by atoms with Crippen LogP contribution in [0, 0.1) is 6.92 Å². The third kappa shape index (κ3) is 6.70. The van der Waals surface area contributed by atoms with E-state index in [1.165, 1.54) is 0 Å². The molecule has 0 unspecified atom stereocenters. The summed E-state index contributed by atoms with van der Waals surface area (Å²) in [7, 11) is 1.61. The normalized spacial score (nSPS) is 17.0. The SMILES string of the molecule is COc1ccc(C)c(-c2nc3c(cc2Cl)c(N2C[C@@H](C)N(C(=O)OC(C)(C)C)C[C@@H]2C)nc(=O)n3-c2c(C(C)C)ncnc2C(C)C)c1. The minimum absolute atomic E-state index is 0.0173. The minimum atomic E-state index is -0.620. The van der Waals surface area contributed by atoms with E-state index >= 15 is 0 Å². The van der Waals surface area contributed by atoms with Gasteiger partial charge >= 0.3 is 11.8 Å². The number of hydrogen-bond acceptors (Lipinski definition) is 9. The molecule has 2 atom stereocenters. The highest BCUT2D eigenvalue weighted by Crippen LogP contribution is 2.38. The van der Waals surface area contributed by atoms with Crippen LogP contribution in [-0.2, 0) is 4.74 Å². The number of aromatic nitrogens is 5. The quantitative estimate of drug-likeness (QED) is 0.208. The van der Waals surface area contributed by atoms with Gasteiger partial charge < -0.3 is 19.3 Å². The number of pyridine rings is 1. The van der Waals surface area contributed by atoms with Crippen LogP contribution in [0.5, 0.6) is 5.75 Å². The largest absolute Gasteiger partial charge is 0.497 e. The van der Waals surface area contributed by atoms with E-state index in [4.69, 9.17) is 31.0 Å². The number of benzene rings is 1. The van der Waals surface area contributed by atoms with E-state index in [2.05, 4.69) is 14.9 Å². The van der Waals surface area contributed by atoms with Gasteiger partial charge in [-0.1, -0.05) is 45.4 Å². The maximum absolute atomic E-state index is 14.5. The van der Waals surface area contributed by atoms with Gasteiger partial charge in [-0.15, -0.1) is 0 Å². The van der Waals surface area contributed by atoms with E-state index < -0.39 is 11.3 Å². The first-order valence-corrected chi connectivity index (χ1v) is 16.8. The van der Waals surface area contributed by atoms with E-state index in [-0.39, 0.29) is 30.0 Å². The molecule has 48 heavy (non-hydrogen) atoms. The highest BCUT2D eigenvalue weighted by Gasteiger charge is 2.37. The number of anilines is 1. The summed E-state index contributed by atoms with van der Waals surface area (Å²) in [6.07, 6.45) is 1.18. The molecule has 0 saturated carbocycles. The van der Waals surface area contributed by atoms with Gasteiger partial charge in [-0.05, 0) is 77.1 Å². The van der Waals surface area contributed by atoms with Gasteiger partial charge in [-0.3, -0.25) is 0 Å². The zero-order valence-electron chi connectivity index (χ0n) is 29.8. The smallest absolute Gasteiger partial charge is 0.410 e. The van der Waals surface area contributed by atoms with E-state index in [9.17, 15) is 9.59 Å². The van der Waals surface area contributed by atoms with Crippen LogP contribution in [-0.4, -0.2) is 73.4 Å². The van der Waals surface area contributed by atoms with Gasteiger partial charge in [0.1, 0.15) is 23.5 Å². The molecule has 0 N–H and O–H groups in total. The number of methoxy groups -OCH3 is 1. The number of carbonyl (C=O) groups is 1. The van der Waals surface area contributed by atoms with Gasteiger partial charge in [0.15, 0.2) is 5.65 Å². The Labute approximate surface area is 287 Å². The van der Waals surface area contributed by atoms with Crippen LogP contribution in [0.3, 0.4) is 0 Å². The van der Waals surface area contributed by atoms with Crippen LogP contribution in [0.15, 0.2) is 35.4 Å². The fourth-order valence-corrected chi connectivity index (χ4v) is 6.43. The third-order valence-corrected chi connectivity index (χ3v) is 8.87. The summed E-state index contributed by atoms with van der Waals surface area (Å²) < 4.78 is 12.8. The molecule has 1 aliphatic heterocycles. The van der Waals surface area contributed by atoms with Crippen molar-refractivity contribution in [2.24, 2.45) is 0 Å².